The summed E-state index contributed by atoms with van der Waals surface area (Å²) in [5.41, 5.74) is 1.14. The molecule has 13 heavy (non-hydrogen) atoms. The second-order valence-corrected chi connectivity index (χ2v) is 3.54. The Hall–Kier alpha value is -1.06. The number of unbranched alkanes of at least 4 members (excludes halogenated alkanes) is 1. The molecule has 1 aliphatic rings. The first-order chi connectivity index (χ1) is 6.42. The van der Waals surface area contributed by atoms with Gasteiger partial charge in [0.25, 0.3) is 0 Å². The monoisotopic (exact) mass is 180 g/mol. The Labute approximate surface area is 78.3 Å². The molecule has 4 nitrogen and oxygen atoms in total. The number of nitrogens with zero attached hydrogens (tertiary/aromatic N) is 3. The van der Waals surface area contributed by atoms with Gasteiger partial charge in [0.15, 0.2) is 5.82 Å². The van der Waals surface area contributed by atoms with E-state index in [4.69, 9.17) is 0 Å². The standard InChI is InChI=1S/C9H16N4/c1-2-3-6-13-7-4-5-8-9(13)11-12-10-8/h2-7H2,1H3,(H,10,11,12). The van der Waals surface area contributed by atoms with Crippen molar-refractivity contribution < 1.29 is 0 Å². The third kappa shape index (κ3) is 1.66. The first kappa shape index (κ1) is 8.53. The minimum absolute atomic E-state index is 1.08. The molecular formula is C9H16N4. The number of aryl methyl sites for hydroxylation is 1. The smallest absolute Gasteiger partial charge is 0.174 e. The Morgan fingerprint density at radius 3 is 3.23 bits per heavy atom. The van der Waals surface area contributed by atoms with Crippen LogP contribution in [0.5, 0.6) is 0 Å². The van der Waals surface area contributed by atoms with E-state index in [-0.39, 0.29) is 0 Å². The molecule has 0 amide bonds. The van der Waals surface area contributed by atoms with E-state index in [0.29, 0.717) is 0 Å². The van der Waals surface area contributed by atoms with Gasteiger partial charge >= 0.3 is 0 Å². The largest absolute Gasteiger partial charge is 0.354 e. The molecule has 0 bridgehead atoms. The molecule has 2 heterocycles. The van der Waals surface area contributed by atoms with E-state index in [2.05, 4.69) is 27.2 Å². The Balaban J connectivity index is 2.07. The van der Waals surface area contributed by atoms with Crippen molar-refractivity contribution in [2.24, 2.45) is 0 Å². The normalized spacial score (nSPS) is 15.9. The van der Waals surface area contributed by atoms with Crippen LogP contribution in [0.2, 0.25) is 0 Å². The quantitative estimate of drug-likeness (QED) is 0.763. The Kier molecular flexibility index (Phi) is 2.47. The van der Waals surface area contributed by atoms with Crippen LogP contribution in [0.1, 0.15) is 31.9 Å². The first-order valence-electron chi connectivity index (χ1n) is 5.06. The van der Waals surface area contributed by atoms with E-state index < -0.39 is 0 Å². The number of aromatic nitrogens is 3. The lowest BCUT2D eigenvalue weighted by Gasteiger charge is -2.26. The van der Waals surface area contributed by atoms with Gasteiger partial charge in [-0.05, 0) is 19.3 Å². The molecule has 4 heteroatoms. The maximum atomic E-state index is 4.18. The van der Waals surface area contributed by atoms with Gasteiger partial charge in [-0.25, -0.2) is 0 Å². The van der Waals surface area contributed by atoms with Crippen LogP contribution in [0.25, 0.3) is 0 Å². The fraction of sp³-hybridized carbons (Fsp3) is 0.778. The molecule has 0 spiro atoms. The molecule has 0 aliphatic carbocycles. The fourth-order valence-corrected chi connectivity index (χ4v) is 1.78. The van der Waals surface area contributed by atoms with Gasteiger partial charge in [-0.3, -0.25) is 0 Å². The van der Waals surface area contributed by atoms with E-state index in [1.165, 1.54) is 19.3 Å². The average Bonchev–Trinajstić information content (AvgIpc) is 2.62. The zero-order valence-corrected chi connectivity index (χ0v) is 8.08. The lowest BCUT2D eigenvalue weighted by atomic mass is 10.1. The van der Waals surface area contributed by atoms with Gasteiger partial charge in [0.1, 0.15) is 5.69 Å². The van der Waals surface area contributed by atoms with Gasteiger partial charge < -0.3 is 4.90 Å². The molecule has 1 aromatic heterocycles. The van der Waals surface area contributed by atoms with E-state index in [1.807, 2.05) is 0 Å². The Morgan fingerprint density at radius 1 is 1.46 bits per heavy atom. The molecule has 0 unspecified atom stereocenters. The molecule has 2 rings (SSSR count). The van der Waals surface area contributed by atoms with Crippen LogP contribution < -0.4 is 4.90 Å². The van der Waals surface area contributed by atoms with Gasteiger partial charge in [0, 0.05) is 13.1 Å². The molecule has 1 N–H and O–H groups in total. The predicted molar refractivity (Wildman–Crippen MR) is 51.8 cm³/mol. The van der Waals surface area contributed by atoms with E-state index in [0.717, 1.165) is 31.0 Å². The zero-order chi connectivity index (χ0) is 9.10. The van der Waals surface area contributed by atoms with Crippen molar-refractivity contribution in [3.05, 3.63) is 5.69 Å². The fourth-order valence-electron chi connectivity index (χ4n) is 1.78. The van der Waals surface area contributed by atoms with Crippen molar-refractivity contribution in [2.45, 2.75) is 32.6 Å². The second kappa shape index (κ2) is 3.77. The number of rotatable bonds is 3. The summed E-state index contributed by atoms with van der Waals surface area (Å²) in [7, 11) is 0. The summed E-state index contributed by atoms with van der Waals surface area (Å²) in [5, 5.41) is 11.0. The number of fused-ring (bicyclic) bond motifs is 1. The van der Waals surface area contributed by atoms with Gasteiger partial charge in [0.2, 0.25) is 0 Å². The highest BCUT2D eigenvalue weighted by molar-refractivity contribution is 5.44. The number of anilines is 1. The van der Waals surface area contributed by atoms with Crippen LogP contribution in [0.3, 0.4) is 0 Å². The van der Waals surface area contributed by atoms with Crippen LogP contribution in [0.4, 0.5) is 5.82 Å². The molecule has 1 aromatic rings. The number of hydrogen-bond acceptors (Lipinski definition) is 3. The van der Waals surface area contributed by atoms with Crippen molar-refractivity contribution >= 4 is 5.82 Å². The van der Waals surface area contributed by atoms with Crippen LogP contribution in [0.15, 0.2) is 0 Å². The summed E-state index contributed by atoms with van der Waals surface area (Å²) in [4.78, 5) is 2.34. The molecule has 0 fully saturated rings. The highest BCUT2D eigenvalue weighted by Crippen LogP contribution is 2.21. The number of nitrogens with one attached hydrogen (secondary N) is 1. The Morgan fingerprint density at radius 2 is 2.38 bits per heavy atom. The van der Waals surface area contributed by atoms with Gasteiger partial charge in [0.05, 0.1) is 0 Å². The van der Waals surface area contributed by atoms with Crippen molar-refractivity contribution in [1.29, 1.82) is 0 Å². The summed E-state index contributed by atoms with van der Waals surface area (Å²) in [6, 6.07) is 0. The molecule has 0 atom stereocenters. The summed E-state index contributed by atoms with van der Waals surface area (Å²) in [6.07, 6.45) is 4.77. The SMILES string of the molecule is CCCCN1CCCc2n[nH]nc21. The summed E-state index contributed by atoms with van der Waals surface area (Å²) >= 11 is 0. The molecule has 72 valence electrons. The van der Waals surface area contributed by atoms with Crippen molar-refractivity contribution in [2.75, 3.05) is 18.0 Å². The summed E-state index contributed by atoms with van der Waals surface area (Å²) < 4.78 is 0. The lowest BCUT2D eigenvalue weighted by Crippen LogP contribution is -2.30. The molecule has 0 saturated carbocycles. The minimum atomic E-state index is 1.08. The topological polar surface area (TPSA) is 44.8 Å². The van der Waals surface area contributed by atoms with Gasteiger partial charge in [-0.1, -0.05) is 13.3 Å². The van der Waals surface area contributed by atoms with E-state index >= 15 is 0 Å². The number of H-pyrrole nitrogens is 1. The minimum Gasteiger partial charge on any atom is -0.354 e. The maximum Gasteiger partial charge on any atom is 0.174 e. The summed E-state index contributed by atoms with van der Waals surface area (Å²) in [6.45, 7) is 4.48. The van der Waals surface area contributed by atoms with Crippen molar-refractivity contribution in [1.82, 2.24) is 15.4 Å². The van der Waals surface area contributed by atoms with Crippen LogP contribution >= 0.6 is 0 Å². The summed E-state index contributed by atoms with van der Waals surface area (Å²) in [5.74, 6) is 1.08. The van der Waals surface area contributed by atoms with Crippen LogP contribution in [-0.4, -0.2) is 28.5 Å². The molecule has 0 aromatic carbocycles. The molecule has 0 radical (unpaired) electrons. The first-order valence-corrected chi connectivity index (χ1v) is 5.06. The number of hydrogen-bond donors (Lipinski definition) is 1. The number of aromatic amines is 1. The van der Waals surface area contributed by atoms with Crippen molar-refractivity contribution in [3.63, 3.8) is 0 Å². The maximum absolute atomic E-state index is 4.18. The average molecular weight is 180 g/mol. The van der Waals surface area contributed by atoms with Crippen molar-refractivity contribution in [3.8, 4) is 0 Å². The molecular weight excluding hydrogens is 164 g/mol. The van der Waals surface area contributed by atoms with Gasteiger partial charge in [-0.15, -0.1) is 5.10 Å². The van der Waals surface area contributed by atoms with E-state index in [1.54, 1.807) is 0 Å². The van der Waals surface area contributed by atoms with Crippen LogP contribution in [0, 0.1) is 0 Å². The lowest BCUT2D eigenvalue weighted by molar-refractivity contribution is 0.648. The predicted octanol–water partition coefficient (Wildman–Crippen LogP) is 1.36. The highest BCUT2D eigenvalue weighted by Gasteiger charge is 2.19. The van der Waals surface area contributed by atoms with Crippen LogP contribution in [-0.2, 0) is 6.42 Å². The highest BCUT2D eigenvalue weighted by atomic mass is 15.4. The Bertz CT molecular complexity index is 268. The van der Waals surface area contributed by atoms with E-state index in [9.17, 15) is 0 Å². The van der Waals surface area contributed by atoms with Gasteiger partial charge in [-0.2, -0.15) is 10.3 Å². The molecule has 1 aliphatic heterocycles. The second-order valence-electron chi connectivity index (χ2n) is 3.54. The zero-order valence-electron chi connectivity index (χ0n) is 8.08. The molecule has 0 saturated heterocycles. The third-order valence-corrected chi connectivity index (χ3v) is 2.52. The third-order valence-electron chi connectivity index (χ3n) is 2.52.